The van der Waals surface area contributed by atoms with Crippen LogP contribution >= 0.6 is 0 Å². The Morgan fingerprint density at radius 2 is 1.95 bits per heavy atom. The summed E-state index contributed by atoms with van der Waals surface area (Å²) in [5.74, 6) is -1.37. The van der Waals surface area contributed by atoms with Gasteiger partial charge in [-0.1, -0.05) is 26.8 Å². The van der Waals surface area contributed by atoms with Gasteiger partial charge in [0.1, 0.15) is 0 Å². The fraction of sp³-hybridized carbons (Fsp3) is 0.400. The van der Waals surface area contributed by atoms with Crippen LogP contribution in [0.5, 0.6) is 0 Å². The van der Waals surface area contributed by atoms with Gasteiger partial charge in [0, 0.05) is 13.0 Å². The molecule has 0 unspecified atom stereocenters. The molecule has 0 aliphatic carbocycles. The molecule has 21 heavy (non-hydrogen) atoms. The van der Waals surface area contributed by atoms with Gasteiger partial charge in [0.15, 0.2) is 0 Å². The van der Waals surface area contributed by atoms with Crippen LogP contribution in [-0.2, 0) is 10.2 Å². The number of aromatic carboxylic acids is 1. The van der Waals surface area contributed by atoms with Gasteiger partial charge in [-0.3, -0.25) is 15.0 Å². The molecule has 0 radical (unpaired) electrons. The lowest BCUT2D eigenvalue weighted by Gasteiger charge is -2.32. The fourth-order valence-electron chi connectivity index (χ4n) is 2.32. The number of carboxylic acids is 1. The van der Waals surface area contributed by atoms with Gasteiger partial charge in [-0.05, 0) is 23.1 Å². The zero-order valence-electron chi connectivity index (χ0n) is 12.3. The second-order valence-electron chi connectivity index (χ2n) is 6.04. The Bertz CT molecular complexity index is 617. The van der Waals surface area contributed by atoms with Gasteiger partial charge in [-0.25, -0.2) is 9.59 Å². The molecular weight excluding hydrogens is 272 g/mol. The molecule has 1 aromatic carbocycles. The molecule has 1 saturated heterocycles. The van der Waals surface area contributed by atoms with Crippen molar-refractivity contribution in [1.29, 1.82) is 0 Å². The predicted molar refractivity (Wildman–Crippen MR) is 77.6 cm³/mol. The number of nitrogens with zero attached hydrogens (tertiary/aromatic N) is 1. The van der Waals surface area contributed by atoms with E-state index < -0.39 is 12.0 Å². The summed E-state index contributed by atoms with van der Waals surface area (Å²) in [4.78, 5) is 35.8. The summed E-state index contributed by atoms with van der Waals surface area (Å²) >= 11 is 0. The van der Waals surface area contributed by atoms with Crippen LogP contribution in [0, 0.1) is 0 Å². The fourth-order valence-corrected chi connectivity index (χ4v) is 2.32. The highest BCUT2D eigenvalue weighted by atomic mass is 16.4. The van der Waals surface area contributed by atoms with Crippen LogP contribution in [0.15, 0.2) is 18.2 Å². The molecule has 0 atom stereocenters. The number of urea groups is 1. The summed E-state index contributed by atoms with van der Waals surface area (Å²) in [5, 5.41) is 11.4. The van der Waals surface area contributed by atoms with Crippen LogP contribution in [-0.4, -0.2) is 29.6 Å². The summed E-state index contributed by atoms with van der Waals surface area (Å²) in [6.07, 6.45) is 0.201. The van der Waals surface area contributed by atoms with E-state index in [0.29, 0.717) is 5.69 Å². The normalized spacial score (nSPS) is 15.9. The van der Waals surface area contributed by atoms with Crippen molar-refractivity contribution in [2.24, 2.45) is 0 Å². The van der Waals surface area contributed by atoms with Crippen molar-refractivity contribution in [3.63, 3.8) is 0 Å². The van der Waals surface area contributed by atoms with Crippen molar-refractivity contribution < 1.29 is 19.5 Å². The number of imide groups is 1. The third-order valence-corrected chi connectivity index (χ3v) is 3.40. The number of carbonyl (C=O) groups is 3. The first-order valence-corrected chi connectivity index (χ1v) is 6.69. The molecule has 1 aromatic rings. The number of rotatable bonds is 2. The second-order valence-corrected chi connectivity index (χ2v) is 6.04. The first-order chi connectivity index (χ1) is 9.70. The number of carbonyl (C=O) groups excluding carboxylic acids is 2. The van der Waals surface area contributed by atoms with Crippen LogP contribution in [0.3, 0.4) is 0 Å². The number of carboxylic acid groups (broad SMARTS) is 1. The van der Waals surface area contributed by atoms with E-state index in [1.54, 1.807) is 6.07 Å². The molecule has 0 bridgehead atoms. The number of amides is 3. The van der Waals surface area contributed by atoms with Crippen molar-refractivity contribution in [2.75, 3.05) is 11.4 Å². The van der Waals surface area contributed by atoms with Crippen LogP contribution in [0.25, 0.3) is 0 Å². The van der Waals surface area contributed by atoms with Crippen LogP contribution < -0.4 is 10.2 Å². The third-order valence-electron chi connectivity index (χ3n) is 3.40. The quantitative estimate of drug-likeness (QED) is 0.873. The van der Waals surface area contributed by atoms with Gasteiger partial charge >= 0.3 is 12.0 Å². The minimum absolute atomic E-state index is 0.114. The molecule has 112 valence electrons. The molecule has 6 nitrogen and oxygen atoms in total. The zero-order chi connectivity index (χ0) is 15.8. The van der Waals surface area contributed by atoms with Gasteiger partial charge in [0.05, 0.1) is 11.3 Å². The molecule has 3 amide bonds. The Morgan fingerprint density at radius 1 is 1.29 bits per heavy atom. The largest absolute Gasteiger partial charge is 0.478 e. The lowest BCUT2D eigenvalue weighted by atomic mass is 9.84. The summed E-state index contributed by atoms with van der Waals surface area (Å²) in [7, 11) is 0. The molecular formula is C15H18N2O4. The summed E-state index contributed by atoms with van der Waals surface area (Å²) in [6, 6.07) is 4.22. The molecule has 2 rings (SSSR count). The van der Waals surface area contributed by atoms with Gasteiger partial charge in [0.2, 0.25) is 5.91 Å². The van der Waals surface area contributed by atoms with Crippen LogP contribution in [0.1, 0.15) is 43.1 Å². The molecule has 1 fully saturated rings. The number of benzene rings is 1. The second kappa shape index (κ2) is 5.20. The minimum Gasteiger partial charge on any atom is -0.478 e. The number of hydrogen-bond acceptors (Lipinski definition) is 3. The average Bonchev–Trinajstić information content (AvgIpc) is 2.36. The van der Waals surface area contributed by atoms with E-state index in [2.05, 4.69) is 5.32 Å². The Morgan fingerprint density at radius 3 is 2.48 bits per heavy atom. The molecule has 2 N–H and O–H groups in total. The highest BCUT2D eigenvalue weighted by Gasteiger charge is 2.29. The number of anilines is 1. The number of nitrogens with one attached hydrogen (secondary N) is 1. The van der Waals surface area contributed by atoms with Gasteiger partial charge in [0.25, 0.3) is 0 Å². The maximum Gasteiger partial charge on any atom is 0.335 e. The Hall–Kier alpha value is -2.37. The van der Waals surface area contributed by atoms with E-state index in [-0.39, 0.29) is 29.9 Å². The Kier molecular flexibility index (Phi) is 3.72. The Labute approximate surface area is 122 Å². The van der Waals surface area contributed by atoms with Crippen molar-refractivity contribution in [3.05, 3.63) is 29.3 Å². The highest BCUT2D eigenvalue weighted by Crippen LogP contribution is 2.33. The lowest BCUT2D eigenvalue weighted by Crippen LogP contribution is -2.50. The van der Waals surface area contributed by atoms with Crippen molar-refractivity contribution in [2.45, 2.75) is 32.6 Å². The predicted octanol–water partition coefficient (Wildman–Crippen LogP) is 2.13. The zero-order valence-corrected chi connectivity index (χ0v) is 12.3. The van der Waals surface area contributed by atoms with E-state index in [1.807, 2.05) is 20.8 Å². The van der Waals surface area contributed by atoms with E-state index in [0.717, 1.165) is 5.56 Å². The minimum atomic E-state index is -1.05. The molecule has 0 saturated carbocycles. The molecule has 1 aliphatic rings. The highest BCUT2D eigenvalue weighted by molar-refractivity contribution is 6.06. The summed E-state index contributed by atoms with van der Waals surface area (Å²) < 4.78 is 0. The van der Waals surface area contributed by atoms with Gasteiger partial charge in [-0.2, -0.15) is 0 Å². The maximum atomic E-state index is 12.0. The van der Waals surface area contributed by atoms with E-state index >= 15 is 0 Å². The molecule has 1 aliphatic heterocycles. The van der Waals surface area contributed by atoms with Gasteiger partial charge in [-0.15, -0.1) is 0 Å². The number of hydrogen-bond donors (Lipinski definition) is 2. The van der Waals surface area contributed by atoms with E-state index in [4.69, 9.17) is 5.11 Å². The standard InChI is InChI=1S/C15H18N2O4/c1-15(2,3)10-5-4-9(13(19)20)8-11(10)17-7-6-12(18)16-14(17)21/h4-5,8H,6-7H2,1-3H3,(H,19,20)(H,16,18,21). The molecule has 6 heteroatoms. The SMILES string of the molecule is CC(C)(C)c1ccc(C(=O)O)cc1N1CCC(=O)NC1=O. The van der Waals surface area contributed by atoms with Crippen molar-refractivity contribution in [1.82, 2.24) is 5.32 Å². The van der Waals surface area contributed by atoms with E-state index in [9.17, 15) is 14.4 Å². The van der Waals surface area contributed by atoms with Crippen LogP contribution in [0.2, 0.25) is 0 Å². The van der Waals surface area contributed by atoms with E-state index in [1.165, 1.54) is 17.0 Å². The maximum absolute atomic E-state index is 12.0. The first kappa shape index (κ1) is 15.0. The van der Waals surface area contributed by atoms with Crippen molar-refractivity contribution in [3.8, 4) is 0 Å². The molecule has 1 heterocycles. The molecule has 0 aromatic heterocycles. The first-order valence-electron chi connectivity index (χ1n) is 6.69. The van der Waals surface area contributed by atoms with Crippen molar-refractivity contribution >= 4 is 23.6 Å². The topological polar surface area (TPSA) is 86.7 Å². The van der Waals surface area contributed by atoms with Gasteiger partial charge < -0.3 is 5.11 Å². The smallest absolute Gasteiger partial charge is 0.335 e. The average molecular weight is 290 g/mol. The summed E-state index contributed by atoms with van der Waals surface area (Å²) in [6.45, 7) is 6.20. The summed E-state index contributed by atoms with van der Waals surface area (Å²) in [5.41, 5.74) is 1.25. The third kappa shape index (κ3) is 3.04. The lowest BCUT2D eigenvalue weighted by molar-refractivity contribution is -0.120. The van der Waals surface area contributed by atoms with Crippen LogP contribution in [0.4, 0.5) is 10.5 Å². The Balaban J connectivity index is 2.53. The molecule has 0 spiro atoms. The monoisotopic (exact) mass is 290 g/mol.